The van der Waals surface area contributed by atoms with Crippen molar-refractivity contribution in [2.45, 2.75) is 33.3 Å². The molecule has 0 saturated heterocycles. The summed E-state index contributed by atoms with van der Waals surface area (Å²) < 4.78 is 50.1. The number of furan rings is 1. The number of benzene rings is 5. The summed E-state index contributed by atoms with van der Waals surface area (Å²) in [5.74, 6) is 0. The molecule has 8 aromatic rings. The summed E-state index contributed by atoms with van der Waals surface area (Å²) in [6, 6.07) is 43.8. The third-order valence-electron chi connectivity index (χ3n) is 8.28. The van der Waals surface area contributed by atoms with E-state index in [4.69, 9.17) is 17.6 Å². The Morgan fingerprint density at radius 2 is 1.46 bits per heavy atom. The fourth-order valence-electron chi connectivity index (χ4n) is 5.71. The van der Waals surface area contributed by atoms with Crippen molar-refractivity contribution in [2.75, 3.05) is 0 Å². The number of rotatable bonds is 4. The average Bonchev–Trinajstić information content (AvgIpc) is 3.54. The monoisotopic (exact) mass is 823 g/mol. The second kappa shape index (κ2) is 13.8. The molecule has 3 heterocycles. The van der Waals surface area contributed by atoms with Gasteiger partial charge in [0.25, 0.3) is 0 Å². The van der Waals surface area contributed by atoms with Gasteiger partial charge in [-0.1, -0.05) is 121 Å². The van der Waals surface area contributed by atoms with Crippen molar-refractivity contribution in [3.63, 3.8) is 0 Å². The molecule has 0 aliphatic carbocycles. The fourth-order valence-corrected chi connectivity index (χ4v) is 6.87. The molecular weight excluding hydrogens is 781 g/mol. The summed E-state index contributed by atoms with van der Waals surface area (Å²) in [7, 11) is -1.32. The van der Waals surface area contributed by atoms with Crippen molar-refractivity contribution in [2.24, 2.45) is 0 Å². The molecule has 0 spiro atoms. The van der Waals surface area contributed by atoms with Crippen molar-refractivity contribution in [1.29, 1.82) is 0 Å². The molecule has 0 unspecified atom stereocenters. The van der Waals surface area contributed by atoms with Gasteiger partial charge in [0.1, 0.15) is 5.58 Å². The number of nitrogens with zero attached hydrogens (tertiary/aromatic N) is 2. The smallest absolute Gasteiger partial charge is 0.128 e. The van der Waals surface area contributed by atoms with E-state index in [0.717, 1.165) is 44.1 Å². The number of hydrogen-bond acceptors (Lipinski definition) is 3. The van der Waals surface area contributed by atoms with Crippen LogP contribution in [-0.2, 0) is 20.1 Å². The van der Waals surface area contributed by atoms with Crippen LogP contribution in [0.15, 0.2) is 132 Å². The van der Waals surface area contributed by atoms with Gasteiger partial charge in [0.15, 0.2) is 0 Å². The zero-order chi connectivity index (χ0) is 37.5. The minimum Gasteiger partial charge on any atom is -0.500 e. The van der Waals surface area contributed by atoms with E-state index in [2.05, 4.69) is 116 Å². The minimum absolute atomic E-state index is 0. The van der Waals surface area contributed by atoms with Crippen LogP contribution in [-0.4, -0.2) is 18.0 Å². The Bertz CT molecular complexity index is 2500. The van der Waals surface area contributed by atoms with E-state index in [0.29, 0.717) is 11.3 Å². The molecule has 0 amide bonds. The first-order chi connectivity index (χ1) is 25.2. The van der Waals surface area contributed by atoms with Crippen LogP contribution in [0.25, 0.3) is 66.4 Å². The predicted octanol–water partition coefficient (Wildman–Crippen LogP) is 11.0. The molecule has 0 aliphatic heterocycles. The largest absolute Gasteiger partial charge is 0.500 e. The average molecular weight is 823 g/mol. The van der Waals surface area contributed by atoms with E-state index in [-0.39, 0.29) is 31.2 Å². The quantitative estimate of drug-likeness (QED) is 0.131. The van der Waals surface area contributed by atoms with Gasteiger partial charge in [0.2, 0.25) is 0 Å². The Labute approximate surface area is 305 Å². The van der Waals surface area contributed by atoms with Crippen LogP contribution in [0.5, 0.6) is 0 Å². The molecule has 5 heteroatoms. The second-order valence-corrected chi connectivity index (χ2v) is 17.6. The molecule has 239 valence electrons. The SMILES string of the molecule is C[Si](C)(C)c1ccc(-c2ccnc(-c3[c-]ccc4c3oc3c5ccccc5ccc43)c2)cc1.[2H]C([2H])([2H])c1c[c-]c(-c2ccc(C([2H])([2H])[2H])cn2)cc1.[Ir]. The Balaban J connectivity index is 0.000000205. The van der Waals surface area contributed by atoms with Gasteiger partial charge in [-0.15, -0.1) is 53.6 Å². The van der Waals surface area contributed by atoms with Crippen molar-refractivity contribution < 1.29 is 32.7 Å². The molecule has 0 N–H and O–H groups in total. The normalized spacial score (nSPS) is 13.6. The van der Waals surface area contributed by atoms with Crippen LogP contribution < -0.4 is 5.19 Å². The van der Waals surface area contributed by atoms with E-state index in [1.54, 1.807) is 12.1 Å². The molecular formula is C43H36IrN2OSi-2. The molecule has 1 radical (unpaired) electrons. The molecule has 5 aromatic carbocycles. The summed E-state index contributed by atoms with van der Waals surface area (Å²) in [4.78, 5) is 8.77. The molecule has 0 fully saturated rings. The molecule has 0 saturated carbocycles. The van der Waals surface area contributed by atoms with E-state index in [9.17, 15) is 0 Å². The van der Waals surface area contributed by atoms with Crippen LogP contribution in [0.3, 0.4) is 0 Å². The number of pyridine rings is 2. The predicted molar refractivity (Wildman–Crippen MR) is 200 cm³/mol. The Morgan fingerprint density at radius 3 is 2.19 bits per heavy atom. The fraction of sp³-hybridized carbons (Fsp3) is 0.116. The molecule has 3 nitrogen and oxygen atoms in total. The van der Waals surface area contributed by atoms with Crippen LogP contribution >= 0.6 is 0 Å². The summed E-state index contributed by atoms with van der Waals surface area (Å²) in [5.41, 5.74) is 7.41. The first-order valence-corrected chi connectivity index (χ1v) is 19.0. The third-order valence-corrected chi connectivity index (χ3v) is 10.3. The Hall–Kier alpha value is -4.67. The molecule has 0 atom stereocenters. The molecule has 0 bridgehead atoms. The molecule has 48 heavy (non-hydrogen) atoms. The molecule has 0 aliphatic rings. The zero-order valence-corrected chi connectivity index (χ0v) is 30.2. The summed E-state index contributed by atoms with van der Waals surface area (Å²) >= 11 is 0. The van der Waals surface area contributed by atoms with Gasteiger partial charge in [-0.05, 0) is 46.4 Å². The third kappa shape index (κ3) is 6.81. The van der Waals surface area contributed by atoms with E-state index in [1.807, 2.05) is 12.3 Å². The topological polar surface area (TPSA) is 38.9 Å². The Kier molecular flexibility index (Phi) is 7.57. The summed E-state index contributed by atoms with van der Waals surface area (Å²) in [6.45, 7) is 2.78. The Morgan fingerprint density at radius 1 is 0.667 bits per heavy atom. The summed E-state index contributed by atoms with van der Waals surface area (Å²) in [6.07, 6.45) is 3.18. The van der Waals surface area contributed by atoms with Gasteiger partial charge < -0.3 is 14.4 Å². The van der Waals surface area contributed by atoms with Gasteiger partial charge in [-0.3, -0.25) is 0 Å². The van der Waals surface area contributed by atoms with E-state index in [1.165, 1.54) is 40.5 Å². The van der Waals surface area contributed by atoms with Crippen molar-refractivity contribution in [3.8, 4) is 33.6 Å². The minimum atomic E-state index is -2.18. The van der Waals surface area contributed by atoms with Gasteiger partial charge >= 0.3 is 0 Å². The maximum absolute atomic E-state index is 7.28. The maximum Gasteiger partial charge on any atom is 0.128 e. The molecule has 8 rings (SSSR count). The summed E-state index contributed by atoms with van der Waals surface area (Å²) in [5, 5.41) is 5.99. The molecule has 3 aromatic heterocycles. The van der Waals surface area contributed by atoms with E-state index < -0.39 is 21.8 Å². The van der Waals surface area contributed by atoms with Gasteiger partial charge in [-0.25, -0.2) is 0 Å². The van der Waals surface area contributed by atoms with Crippen molar-refractivity contribution in [3.05, 3.63) is 151 Å². The van der Waals surface area contributed by atoms with Gasteiger partial charge in [0.05, 0.1) is 13.7 Å². The van der Waals surface area contributed by atoms with Crippen LogP contribution in [0.1, 0.15) is 19.4 Å². The first kappa shape index (κ1) is 26.3. The number of aromatic nitrogens is 2. The maximum atomic E-state index is 7.28. The van der Waals surface area contributed by atoms with Crippen molar-refractivity contribution in [1.82, 2.24) is 9.97 Å². The van der Waals surface area contributed by atoms with Crippen LogP contribution in [0.2, 0.25) is 19.6 Å². The van der Waals surface area contributed by atoms with Crippen LogP contribution in [0, 0.1) is 25.8 Å². The first-order valence-electron chi connectivity index (χ1n) is 18.5. The van der Waals surface area contributed by atoms with Gasteiger partial charge in [0, 0.05) is 51.5 Å². The van der Waals surface area contributed by atoms with Crippen LogP contribution in [0.4, 0.5) is 0 Å². The van der Waals surface area contributed by atoms with E-state index >= 15 is 0 Å². The van der Waals surface area contributed by atoms with Gasteiger partial charge in [-0.2, -0.15) is 0 Å². The number of hydrogen-bond donors (Lipinski definition) is 0. The second-order valence-electron chi connectivity index (χ2n) is 12.5. The van der Waals surface area contributed by atoms with Crippen molar-refractivity contribution >= 4 is 46.0 Å². The standard InChI is InChI=1S/C30H24NOSi.C13H12N.Ir/c1-33(2,3)23-14-11-20(12-15-23)22-17-18-31-28(19-22)27-10-6-9-25-26-16-13-21-7-4-5-8-24(21)29(26)32-30(25)27;1-10-3-6-12(7-4-10)13-8-5-11(2)9-14-13;/h4-9,11-19H,1-3H3;3-6,8-9H,1-2H3;/q2*-1;/i;1D3,2D3;. The number of fused-ring (bicyclic) bond motifs is 5. The zero-order valence-electron chi connectivity index (χ0n) is 32.8. The number of aryl methyl sites for hydroxylation is 2.